The van der Waals surface area contributed by atoms with Gasteiger partial charge in [0.2, 0.25) is 10.0 Å². The molecule has 2 aromatic rings. The van der Waals surface area contributed by atoms with Crippen LogP contribution in [-0.2, 0) is 10.0 Å². The molecular weight excluding hydrogens is 330 g/mol. The van der Waals surface area contributed by atoms with Gasteiger partial charge >= 0.3 is 5.97 Å². The first-order valence-corrected chi connectivity index (χ1v) is 8.76. The normalized spacial score (nSPS) is 11.2. The fourth-order valence-electron chi connectivity index (χ4n) is 2.02. The molecule has 1 aromatic heterocycles. The monoisotopic (exact) mass is 349 g/mol. The third-order valence-corrected chi connectivity index (χ3v) is 4.89. The first-order valence-electron chi connectivity index (χ1n) is 7.27. The number of aromatic carboxylic acids is 1. The van der Waals surface area contributed by atoms with Crippen LogP contribution in [-0.4, -0.2) is 44.6 Å². The maximum Gasteiger partial charge on any atom is 0.354 e. The number of carbonyl (C=O) groups is 1. The molecule has 0 atom stereocenters. The highest BCUT2D eigenvalue weighted by molar-refractivity contribution is 7.89. The lowest BCUT2D eigenvalue weighted by atomic mass is 10.2. The number of nitrogens with zero attached hydrogens (tertiary/aromatic N) is 2. The average molecular weight is 349 g/mol. The quantitative estimate of drug-likeness (QED) is 0.786. The van der Waals surface area contributed by atoms with E-state index in [9.17, 15) is 13.2 Å². The molecule has 0 saturated carbocycles. The molecule has 7 nitrogen and oxygen atoms in total. The van der Waals surface area contributed by atoms with Gasteiger partial charge in [-0.1, -0.05) is 23.8 Å². The standard InChI is InChI=1S/C16H19N3O4S/c1-12-6-8-13(9-7-12)24(22,23)17-10-11-19(2)15-5-3-4-14(18-15)16(20)21/h3-9,17H,10-11H2,1-2H3,(H,20,21). The predicted octanol–water partition coefficient (Wildman–Crippen LogP) is 1.50. The number of sulfonamides is 1. The Morgan fingerprint density at radius 3 is 2.50 bits per heavy atom. The first kappa shape index (κ1) is 17.9. The molecule has 0 aliphatic carbocycles. The summed E-state index contributed by atoms with van der Waals surface area (Å²) >= 11 is 0. The average Bonchev–Trinajstić information content (AvgIpc) is 2.55. The molecule has 2 rings (SSSR count). The Balaban J connectivity index is 1.97. The van der Waals surface area contributed by atoms with Crippen LogP contribution < -0.4 is 9.62 Å². The highest BCUT2D eigenvalue weighted by Gasteiger charge is 2.14. The lowest BCUT2D eigenvalue weighted by Gasteiger charge is -2.18. The Labute approximate surface area is 141 Å². The molecular formula is C16H19N3O4S. The molecule has 0 fully saturated rings. The van der Waals surface area contributed by atoms with Crippen LogP contribution in [0, 0.1) is 6.92 Å². The zero-order valence-corrected chi connectivity index (χ0v) is 14.2. The molecule has 8 heteroatoms. The van der Waals surface area contributed by atoms with Crippen LogP contribution in [0.25, 0.3) is 0 Å². The van der Waals surface area contributed by atoms with E-state index >= 15 is 0 Å². The van der Waals surface area contributed by atoms with Crippen LogP contribution >= 0.6 is 0 Å². The van der Waals surface area contributed by atoms with E-state index in [1.165, 1.54) is 6.07 Å². The lowest BCUT2D eigenvalue weighted by Crippen LogP contribution is -2.33. The third-order valence-electron chi connectivity index (χ3n) is 3.42. The molecule has 24 heavy (non-hydrogen) atoms. The Bertz CT molecular complexity index is 819. The molecule has 2 N–H and O–H groups in total. The number of carboxylic acids is 1. The fraction of sp³-hybridized carbons (Fsp3) is 0.250. The van der Waals surface area contributed by atoms with Crippen molar-refractivity contribution in [3.05, 3.63) is 53.7 Å². The van der Waals surface area contributed by atoms with Gasteiger partial charge in [-0.25, -0.2) is 22.9 Å². The molecule has 128 valence electrons. The lowest BCUT2D eigenvalue weighted by molar-refractivity contribution is 0.0690. The number of anilines is 1. The summed E-state index contributed by atoms with van der Waals surface area (Å²) in [6, 6.07) is 11.3. The number of aryl methyl sites for hydroxylation is 1. The number of hydrogen-bond donors (Lipinski definition) is 2. The molecule has 0 amide bonds. The van der Waals surface area contributed by atoms with Gasteiger partial charge in [0.05, 0.1) is 4.90 Å². The van der Waals surface area contributed by atoms with Gasteiger partial charge in [0.15, 0.2) is 5.69 Å². The van der Waals surface area contributed by atoms with Crippen molar-refractivity contribution in [1.82, 2.24) is 9.71 Å². The summed E-state index contributed by atoms with van der Waals surface area (Å²) in [5.41, 5.74) is 0.928. The van der Waals surface area contributed by atoms with Crippen molar-refractivity contribution >= 4 is 21.8 Å². The Kier molecular flexibility index (Phi) is 5.53. The van der Waals surface area contributed by atoms with Crippen LogP contribution in [0.4, 0.5) is 5.82 Å². The summed E-state index contributed by atoms with van der Waals surface area (Å²) in [5.74, 6) is -0.644. The van der Waals surface area contributed by atoms with Crippen LogP contribution in [0.1, 0.15) is 16.1 Å². The van der Waals surface area contributed by atoms with E-state index < -0.39 is 16.0 Å². The Morgan fingerprint density at radius 2 is 1.88 bits per heavy atom. The van der Waals surface area contributed by atoms with E-state index in [1.807, 2.05) is 6.92 Å². The largest absolute Gasteiger partial charge is 0.477 e. The second kappa shape index (κ2) is 7.41. The predicted molar refractivity (Wildman–Crippen MR) is 90.8 cm³/mol. The summed E-state index contributed by atoms with van der Waals surface area (Å²) in [6.45, 7) is 2.41. The van der Waals surface area contributed by atoms with Crippen LogP contribution in [0.15, 0.2) is 47.4 Å². The summed E-state index contributed by atoms with van der Waals surface area (Å²) in [7, 11) is -1.85. The van der Waals surface area contributed by atoms with Gasteiger partial charge in [-0.2, -0.15) is 0 Å². The molecule has 0 radical (unpaired) electrons. The van der Waals surface area contributed by atoms with E-state index in [2.05, 4.69) is 9.71 Å². The Hall–Kier alpha value is -2.45. The van der Waals surface area contributed by atoms with E-state index in [-0.39, 0.29) is 17.1 Å². The number of benzene rings is 1. The molecule has 1 aromatic carbocycles. The van der Waals surface area contributed by atoms with Crippen LogP contribution in [0.3, 0.4) is 0 Å². The van der Waals surface area contributed by atoms with Gasteiger partial charge in [0.25, 0.3) is 0 Å². The number of hydrogen-bond acceptors (Lipinski definition) is 5. The summed E-state index contributed by atoms with van der Waals surface area (Å²) in [4.78, 5) is 16.8. The van der Waals surface area contributed by atoms with Crippen LogP contribution in [0.2, 0.25) is 0 Å². The fourth-order valence-corrected chi connectivity index (χ4v) is 3.04. The minimum absolute atomic E-state index is 0.0559. The third kappa shape index (κ3) is 4.53. The van der Waals surface area contributed by atoms with E-state index in [0.717, 1.165) is 5.56 Å². The zero-order valence-electron chi connectivity index (χ0n) is 13.4. The van der Waals surface area contributed by atoms with Crippen molar-refractivity contribution in [3.63, 3.8) is 0 Å². The maximum absolute atomic E-state index is 12.2. The number of likely N-dealkylation sites (N-methyl/N-ethyl adjacent to an activating group) is 1. The highest BCUT2D eigenvalue weighted by atomic mass is 32.2. The summed E-state index contributed by atoms with van der Waals surface area (Å²) in [6.07, 6.45) is 0. The maximum atomic E-state index is 12.2. The highest BCUT2D eigenvalue weighted by Crippen LogP contribution is 2.11. The molecule has 0 aliphatic rings. The molecule has 0 bridgehead atoms. The SMILES string of the molecule is Cc1ccc(S(=O)(=O)NCCN(C)c2cccc(C(=O)O)n2)cc1. The van der Waals surface area contributed by atoms with Crippen LogP contribution in [0.5, 0.6) is 0 Å². The molecule has 0 saturated heterocycles. The van der Waals surface area contributed by atoms with Crippen molar-refractivity contribution in [1.29, 1.82) is 0 Å². The van der Waals surface area contributed by atoms with Gasteiger partial charge in [-0.3, -0.25) is 0 Å². The zero-order chi connectivity index (χ0) is 17.7. The second-order valence-electron chi connectivity index (χ2n) is 5.32. The number of aromatic nitrogens is 1. The van der Waals surface area contributed by atoms with Crippen molar-refractivity contribution in [3.8, 4) is 0 Å². The number of nitrogens with one attached hydrogen (secondary N) is 1. The molecule has 0 spiro atoms. The summed E-state index contributed by atoms with van der Waals surface area (Å²) < 4.78 is 26.9. The molecule has 0 aliphatic heterocycles. The van der Waals surface area contributed by atoms with Gasteiger partial charge in [-0.15, -0.1) is 0 Å². The van der Waals surface area contributed by atoms with Gasteiger partial charge in [-0.05, 0) is 31.2 Å². The van der Waals surface area contributed by atoms with Gasteiger partial charge < -0.3 is 10.0 Å². The van der Waals surface area contributed by atoms with Crippen molar-refractivity contribution < 1.29 is 18.3 Å². The van der Waals surface area contributed by atoms with Gasteiger partial charge in [0.1, 0.15) is 5.82 Å². The van der Waals surface area contributed by atoms with Gasteiger partial charge in [0, 0.05) is 20.1 Å². The number of rotatable bonds is 7. The number of carboxylic acid groups (broad SMARTS) is 1. The van der Waals surface area contributed by atoms with Crippen molar-refractivity contribution in [2.45, 2.75) is 11.8 Å². The van der Waals surface area contributed by atoms with E-state index in [0.29, 0.717) is 12.4 Å². The summed E-state index contributed by atoms with van der Waals surface area (Å²) in [5, 5.41) is 8.95. The smallest absolute Gasteiger partial charge is 0.354 e. The second-order valence-corrected chi connectivity index (χ2v) is 7.09. The van der Waals surface area contributed by atoms with Crippen molar-refractivity contribution in [2.75, 3.05) is 25.0 Å². The first-order chi connectivity index (χ1) is 11.3. The molecule has 0 unspecified atom stereocenters. The minimum Gasteiger partial charge on any atom is -0.477 e. The van der Waals surface area contributed by atoms with E-state index in [1.54, 1.807) is 48.3 Å². The molecule has 1 heterocycles. The van der Waals surface area contributed by atoms with Crippen molar-refractivity contribution in [2.24, 2.45) is 0 Å². The minimum atomic E-state index is -3.57. The topological polar surface area (TPSA) is 99.6 Å². The van der Waals surface area contributed by atoms with E-state index in [4.69, 9.17) is 5.11 Å². The number of pyridine rings is 1. The Morgan fingerprint density at radius 1 is 1.21 bits per heavy atom.